The Morgan fingerprint density at radius 1 is 0.970 bits per heavy atom. The van der Waals surface area contributed by atoms with Gasteiger partial charge in [0.15, 0.2) is 0 Å². The Morgan fingerprint density at radius 2 is 1.67 bits per heavy atom. The molecule has 5 nitrogen and oxygen atoms in total. The number of aryl methyl sites for hydroxylation is 2. The number of halogens is 2. The number of hydrogen-bond donors (Lipinski definition) is 1. The molecule has 3 aromatic rings. The van der Waals surface area contributed by atoms with Crippen LogP contribution in [-0.2, 0) is 24.1 Å². The Morgan fingerprint density at radius 3 is 2.42 bits per heavy atom. The third-order valence-electron chi connectivity index (χ3n) is 6.48. The second-order valence-corrected chi connectivity index (χ2v) is 9.46. The van der Waals surface area contributed by atoms with E-state index in [1.807, 2.05) is 17.0 Å². The lowest BCUT2D eigenvalue weighted by Crippen LogP contribution is -2.37. The van der Waals surface area contributed by atoms with Gasteiger partial charge in [-0.05, 0) is 66.1 Å². The SMILES string of the molecule is O=C(Cc1cc[n+](O)cc1)N1CCC(=C2c3ccc(Cl)cc3CCc3cc(Cl)cnc32)CC1. The minimum absolute atomic E-state index is 0.105. The van der Waals surface area contributed by atoms with Crippen LogP contribution in [0.4, 0.5) is 0 Å². The van der Waals surface area contributed by atoms with Crippen LogP contribution in [0.1, 0.15) is 40.8 Å². The molecular weight excluding hydrogens is 457 g/mol. The number of carbonyl (C=O) groups is 1. The van der Waals surface area contributed by atoms with Crippen molar-refractivity contribution in [2.45, 2.75) is 32.1 Å². The van der Waals surface area contributed by atoms with Crippen LogP contribution in [0.3, 0.4) is 0 Å². The summed E-state index contributed by atoms with van der Waals surface area (Å²) in [5.41, 5.74) is 7.94. The Bertz CT molecular complexity index is 1190. The summed E-state index contributed by atoms with van der Waals surface area (Å²) in [5.74, 6) is 0.105. The summed E-state index contributed by atoms with van der Waals surface area (Å²) in [5, 5.41) is 10.8. The number of likely N-dealkylation sites (tertiary alicyclic amines) is 1. The number of rotatable bonds is 2. The summed E-state index contributed by atoms with van der Waals surface area (Å²) in [6.45, 7) is 1.35. The molecule has 1 aliphatic carbocycles. The van der Waals surface area contributed by atoms with Crippen LogP contribution < -0.4 is 4.73 Å². The molecule has 1 saturated heterocycles. The van der Waals surface area contributed by atoms with Crippen LogP contribution in [0, 0.1) is 0 Å². The van der Waals surface area contributed by atoms with E-state index in [9.17, 15) is 10.0 Å². The summed E-state index contributed by atoms with van der Waals surface area (Å²) in [6.07, 6.45) is 8.48. The summed E-state index contributed by atoms with van der Waals surface area (Å²) < 4.78 is 0.976. The number of benzene rings is 1. The molecule has 2 aliphatic rings. The van der Waals surface area contributed by atoms with E-state index in [2.05, 4.69) is 12.1 Å². The molecule has 0 unspecified atom stereocenters. The van der Waals surface area contributed by atoms with Gasteiger partial charge in [0.05, 0.1) is 17.1 Å². The highest BCUT2D eigenvalue weighted by atomic mass is 35.5. The molecule has 33 heavy (non-hydrogen) atoms. The minimum atomic E-state index is 0.105. The first-order valence-electron chi connectivity index (χ1n) is 11.1. The summed E-state index contributed by atoms with van der Waals surface area (Å²) in [4.78, 5) is 19.5. The number of aromatic nitrogens is 2. The smallest absolute Gasteiger partial charge is 0.227 e. The van der Waals surface area contributed by atoms with Gasteiger partial charge in [0.2, 0.25) is 18.3 Å². The number of fused-ring (bicyclic) bond motifs is 2. The molecule has 7 heteroatoms. The second kappa shape index (κ2) is 9.16. The summed E-state index contributed by atoms with van der Waals surface area (Å²) in [7, 11) is 0. The van der Waals surface area contributed by atoms with Crippen molar-refractivity contribution in [1.29, 1.82) is 0 Å². The van der Waals surface area contributed by atoms with Crippen molar-refractivity contribution in [1.82, 2.24) is 9.88 Å². The van der Waals surface area contributed by atoms with Crippen LogP contribution in [0.15, 0.2) is 60.6 Å². The maximum atomic E-state index is 12.9. The summed E-state index contributed by atoms with van der Waals surface area (Å²) >= 11 is 12.6. The highest BCUT2D eigenvalue weighted by Gasteiger charge is 2.27. The fraction of sp³-hybridized carbons (Fsp3) is 0.269. The molecule has 0 radical (unpaired) electrons. The van der Waals surface area contributed by atoms with Crippen molar-refractivity contribution in [2.75, 3.05) is 13.1 Å². The Kier molecular flexibility index (Phi) is 6.09. The van der Waals surface area contributed by atoms with Crippen LogP contribution in [0.25, 0.3) is 5.57 Å². The topological polar surface area (TPSA) is 57.3 Å². The molecule has 1 amide bonds. The Balaban J connectivity index is 1.44. The van der Waals surface area contributed by atoms with E-state index in [0.29, 0.717) is 24.5 Å². The van der Waals surface area contributed by atoms with Crippen LogP contribution in [0.5, 0.6) is 0 Å². The van der Waals surface area contributed by atoms with E-state index in [1.165, 1.54) is 34.7 Å². The maximum absolute atomic E-state index is 12.9. The minimum Gasteiger partial charge on any atom is -0.342 e. The average molecular weight is 481 g/mol. The first-order chi connectivity index (χ1) is 16.0. The number of hydrogen-bond acceptors (Lipinski definition) is 3. The first kappa shape index (κ1) is 21.9. The molecule has 0 bridgehead atoms. The lowest BCUT2D eigenvalue weighted by molar-refractivity contribution is -0.904. The van der Waals surface area contributed by atoms with Gasteiger partial charge < -0.3 is 4.90 Å². The fourth-order valence-electron chi connectivity index (χ4n) is 4.79. The lowest BCUT2D eigenvalue weighted by atomic mass is 9.88. The van der Waals surface area contributed by atoms with Gasteiger partial charge >= 0.3 is 0 Å². The predicted octanol–water partition coefficient (Wildman–Crippen LogP) is 4.68. The van der Waals surface area contributed by atoms with E-state index < -0.39 is 0 Å². The zero-order chi connectivity index (χ0) is 22.9. The van der Waals surface area contributed by atoms with Gasteiger partial charge in [0.25, 0.3) is 0 Å². The van der Waals surface area contributed by atoms with E-state index in [0.717, 1.165) is 52.3 Å². The lowest BCUT2D eigenvalue weighted by Gasteiger charge is -2.30. The molecule has 1 aliphatic heterocycles. The highest BCUT2D eigenvalue weighted by Crippen LogP contribution is 2.39. The van der Waals surface area contributed by atoms with Gasteiger partial charge in [-0.25, -0.2) is 0 Å². The van der Waals surface area contributed by atoms with Gasteiger partial charge in [-0.3, -0.25) is 15.0 Å². The monoisotopic (exact) mass is 480 g/mol. The van der Waals surface area contributed by atoms with Crippen molar-refractivity contribution in [3.63, 3.8) is 0 Å². The van der Waals surface area contributed by atoms with Gasteiger partial charge in [-0.1, -0.05) is 34.8 Å². The Hall–Kier alpha value is -2.89. The molecular formula is C26H24Cl2N3O2+. The van der Waals surface area contributed by atoms with E-state index >= 15 is 0 Å². The molecule has 2 aromatic heterocycles. The van der Waals surface area contributed by atoms with E-state index in [4.69, 9.17) is 28.2 Å². The molecule has 1 fully saturated rings. The van der Waals surface area contributed by atoms with Crippen molar-refractivity contribution < 1.29 is 14.7 Å². The van der Waals surface area contributed by atoms with Crippen LogP contribution in [0.2, 0.25) is 10.0 Å². The highest BCUT2D eigenvalue weighted by molar-refractivity contribution is 6.31. The molecule has 5 rings (SSSR count). The average Bonchev–Trinajstić information content (AvgIpc) is 2.97. The van der Waals surface area contributed by atoms with Crippen molar-refractivity contribution >= 4 is 34.7 Å². The molecule has 0 saturated carbocycles. The standard InChI is InChI=1S/C26H24Cl2N3O2/c27-21-3-4-23-19(14-21)1-2-20-15-22(28)16-29-26(20)25(23)18-7-9-30(10-8-18)24(32)13-17-5-11-31(33)12-6-17/h3-6,11-12,14-16,33H,1-2,7-10,13H2/q+1. The van der Waals surface area contributed by atoms with E-state index in [1.54, 1.807) is 18.3 Å². The molecule has 1 N–H and O–H groups in total. The van der Waals surface area contributed by atoms with Gasteiger partial charge in [0.1, 0.15) is 0 Å². The number of nitrogens with zero attached hydrogens (tertiary/aromatic N) is 3. The quantitative estimate of drug-likeness (QED) is 0.427. The van der Waals surface area contributed by atoms with Gasteiger partial charge in [-0.2, -0.15) is 0 Å². The fourth-order valence-corrected chi connectivity index (χ4v) is 5.17. The molecule has 168 valence electrons. The third kappa shape index (κ3) is 4.61. The van der Waals surface area contributed by atoms with Crippen LogP contribution >= 0.6 is 23.2 Å². The van der Waals surface area contributed by atoms with Crippen molar-refractivity contribution in [3.05, 3.63) is 98.6 Å². The second-order valence-electron chi connectivity index (χ2n) is 8.59. The molecule has 3 heterocycles. The molecule has 0 atom stereocenters. The largest absolute Gasteiger partial charge is 0.342 e. The van der Waals surface area contributed by atoms with Gasteiger partial charge in [0, 0.05) is 46.7 Å². The number of piperidine rings is 1. The number of amides is 1. The number of carbonyl (C=O) groups excluding carboxylic acids is 1. The summed E-state index contributed by atoms with van der Waals surface area (Å²) in [6, 6.07) is 11.6. The maximum Gasteiger partial charge on any atom is 0.227 e. The van der Waals surface area contributed by atoms with Gasteiger partial charge in [-0.15, -0.1) is 0 Å². The van der Waals surface area contributed by atoms with Crippen molar-refractivity contribution in [2.24, 2.45) is 0 Å². The normalized spacial score (nSPS) is 15.6. The van der Waals surface area contributed by atoms with Crippen LogP contribution in [-0.4, -0.2) is 34.1 Å². The Labute approximate surface area is 202 Å². The molecule has 0 spiro atoms. The zero-order valence-corrected chi connectivity index (χ0v) is 19.6. The predicted molar refractivity (Wildman–Crippen MR) is 127 cm³/mol. The van der Waals surface area contributed by atoms with E-state index in [-0.39, 0.29) is 5.91 Å². The first-order valence-corrected chi connectivity index (χ1v) is 11.9. The zero-order valence-electron chi connectivity index (χ0n) is 18.1. The molecule has 1 aromatic carbocycles. The van der Waals surface area contributed by atoms with Crippen molar-refractivity contribution in [3.8, 4) is 0 Å². The third-order valence-corrected chi connectivity index (χ3v) is 6.92. The number of pyridine rings is 2.